The van der Waals surface area contributed by atoms with Gasteiger partial charge in [0.2, 0.25) is 16.9 Å². The first-order valence-corrected chi connectivity index (χ1v) is 11.2. The van der Waals surface area contributed by atoms with Crippen LogP contribution in [-0.2, 0) is 9.59 Å². The summed E-state index contributed by atoms with van der Waals surface area (Å²) in [5.74, 6) is 0.329. The second-order valence-corrected chi connectivity index (χ2v) is 8.91. The van der Waals surface area contributed by atoms with Crippen LogP contribution in [0.25, 0.3) is 0 Å². The lowest BCUT2D eigenvalue weighted by atomic mass is 9.86. The lowest BCUT2D eigenvalue weighted by Crippen LogP contribution is -2.48. The Morgan fingerprint density at radius 2 is 1.93 bits per heavy atom. The number of hydrogen-bond acceptors (Lipinski definition) is 6. The number of nitrogens with zero attached hydrogens (tertiary/aromatic N) is 4. The highest BCUT2D eigenvalue weighted by molar-refractivity contribution is 7.15. The van der Waals surface area contributed by atoms with Gasteiger partial charge in [-0.15, -0.1) is 10.2 Å². The molecule has 1 aliphatic heterocycles. The van der Waals surface area contributed by atoms with Crippen molar-refractivity contribution in [2.75, 3.05) is 36.4 Å². The third kappa shape index (κ3) is 5.05. The van der Waals surface area contributed by atoms with Crippen molar-refractivity contribution in [3.8, 4) is 0 Å². The van der Waals surface area contributed by atoms with Crippen LogP contribution in [0.1, 0.15) is 43.0 Å². The van der Waals surface area contributed by atoms with Crippen molar-refractivity contribution >= 4 is 45.6 Å². The SMILES string of the molecule is O=C(CCC(=O)N1CCN(c2cccc(Cl)c2)CC1)Nc1nnc(C2CCC2)s1. The molecule has 2 aromatic rings. The predicted molar refractivity (Wildman–Crippen MR) is 115 cm³/mol. The molecule has 29 heavy (non-hydrogen) atoms. The average Bonchev–Trinajstić information content (AvgIpc) is 3.12. The van der Waals surface area contributed by atoms with E-state index in [0.29, 0.717) is 29.2 Å². The van der Waals surface area contributed by atoms with Crippen LogP contribution in [0, 0.1) is 0 Å². The molecule has 1 saturated heterocycles. The van der Waals surface area contributed by atoms with Crippen LogP contribution in [-0.4, -0.2) is 53.1 Å². The Hall–Kier alpha value is -2.19. The highest BCUT2D eigenvalue weighted by Crippen LogP contribution is 2.38. The number of rotatable bonds is 6. The Labute approximate surface area is 179 Å². The largest absolute Gasteiger partial charge is 0.368 e. The number of hydrogen-bond donors (Lipinski definition) is 1. The number of carbonyl (C=O) groups is 2. The molecule has 1 saturated carbocycles. The minimum atomic E-state index is -0.188. The summed E-state index contributed by atoms with van der Waals surface area (Å²) >= 11 is 7.50. The quantitative estimate of drug-likeness (QED) is 0.753. The lowest BCUT2D eigenvalue weighted by Gasteiger charge is -2.36. The van der Waals surface area contributed by atoms with Crippen molar-refractivity contribution in [3.63, 3.8) is 0 Å². The fourth-order valence-corrected chi connectivity index (χ4v) is 4.67. The van der Waals surface area contributed by atoms with Gasteiger partial charge in [-0.05, 0) is 31.0 Å². The van der Waals surface area contributed by atoms with Crippen molar-refractivity contribution in [2.24, 2.45) is 0 Å². The van der Waals surface area contributed by atoms with Crippen LogP contribution >= 0.6 is 22.9 Å². The molecule has 2 amide bonds. The number of anilines is 2. The molecule has 1 N–H and O–H groups in total. The molecule has 0 spiro atoms. The van der Waals surface area contributed by atoms with E-state index in [0.717, 1.165) is 36.6 Å². The number of nitrogens with one attached hydrogen (secondary N) is 1. The number of carbonyl (C=O) groups excluding carboxylic acids is 2. The number of benzene rings is 1. The molecular weight excluding hydrogens is 410 g/mol. The molecule has 2 fully saturated rings. The minimum Gasteiger partial charge on any atom is -0.368 e. The second-order valence-electron chi connectivity index (χ2n) is 7.47. The van der Waals surface area contributed by atoms with Gasteiger partial charge in [-0.25, -0.2) is 0 Å². The van der Waals surface area contributed by atoms with Crippen molar-refractivity contribution in [1.29, 1.82) is 0 Å². The summed E-state index contributed by atoms with van der Waals surface area (Å²) in [5, 5.41) is 13.2. The predicted octanol–water partition coefficient (Wildman–Crippen LogP) is 3.53. The van der Waals surface area contributed by atoms with E-state index >= 15 is 0 Å². The van der Waals surface area contributed by atoms with Gasteiger partial charge in [0.15, 0.2) is 0 Å². The maximum absolute atomic E-state index is 12.5. The highest BCUT2D eigenvalue weighted by atomic mass is 35.5. The first-order valence-electron chi connectivity index (χ1n) is 10.00. The molecule has 1 aromatic carbocycles. The standard InChI is InChI=1S/C20H24ClN5O2S/c21-15-5-2-6-16(13-15)25-9-11-26(12-10-25)18(28)8-7-17(27)22-20-24-23-19(29-20)14-3-1-4-14/h2,5-6,13-14H,1,3-4,7-12H2,(H,22,24,27). The number of piperazine rings is 1. The fraction of sp³-hybridized carbons (Fsp3) is 0.500. The van der Waals surface area contributed by atoms with Gasteiger partial charge < -0.3 is 15.1 Å². The van der Waals surface area contributed by atoms with Gasteiger partial charge in [-0.3, -0.25) is 9.59 Å². The number of aromatic nitrogens is 2. The van der Waals surface area contributed by atoms with E-state index in [9.17, 15) is 9.59 Å². The average molecular weight is 434 g/mol. The van der Waals surface area contributed by atoms with Gasteiger partial charge in [-0.2, -0.15) is 0 Å². The maximum Gasteiger partial charge on any atom is 0.226 e. The lowest BCUT2D eigenvalue weighted by molar-refractivity contribution is -0.133. The summed E-state index contributed by atoms with van der Waals surface area (Å²) in [6.07, 6.45) is 3.91. The van der Waals surface area contributed by atoms with E-state index in [1.54, 1.807) is 0 Å². The van der Waals surface area contributed by atoms with Crippen molar-refractivity contribution < 1.29 is 9.59 Å². The zero-order valence-electron chi connectivity index (χ0n) is 16.1. The first-order chi connectivity index (χ1) is 14.1. The van der Waals surface area contributed by atoms with Crippen molar-refractivity contribution in [3.05, 3.63) is 34.3 Å². The molecular formula is C20H24ClN5O2S. The zero-order valence-corrected chi connectivity index (χ0v) is 17.7. The molecule has 0 unspecified atom stereocenters. The van der Waals surface area contributed by atoms with Gasteiger partial charge >= 0.3 is 0 Å². The van der Waals surface area contributed by atoms with Crippen LogP contribution in [0.15, 0.2) is 24.3 Å². The van der Waals surface area contributed by atoms with E-state index in [2.05, 4.69) is 20.4 Å². The molecule has 0 bridgehead atoms. The summed E-state index contributed by atoms with van der Waals surface area (Å²) in [5.41, 5.74) is 1.07. The third-order valence-electron chi connectivity index (χ3n) is 5.51. The van der Waals surface area contributed by atoms with E-state index < -0.39 is 0 Å². The molecule has 154 valence electrons. The second kappa shape index (κ2) is 9.09. The minimum absolute atomic E-state index is 0.0123. The highest BCUT2D eigenvalue weighted by Gasteiger charge is 2.24. The Balaban J connectivity index is 1.20. The van der Waals surface area contributed by atoms with Crippen molar-refractivity contribution in [2.45, 2.75) is 38.0 Å². The number of amides is 2. The molecule has 0 atom stereocenters. The van der Waals surface area contributed by atoms with Gasteiger partial charge in [0, 0.05) is 55.6 Å². The molecule has 9 heteroatoms. The van der Waals surface area contributed by atoms with E-state index in [-0.39, 0.29) is 24.7 Å². The summed E-state index contributed by atoms with van der Waals surface area (Å²) in [4.78, 5) is 28.7. The van der Waals surface area contributed by atoms with E-state index in [4.69, 9.17) is 11.6 Å². The van der Waals surface area contributed by atoms with Gasteiger partial charge in [0.05, 0.1) is 0 Å². The Morgan fingerprint density at radius 3 is 2.62 bits per heavy atom. The van der Waals surface area contributed by atoms with Gasteiger partial charge in [-0.1, -0.05) is 35.4 Å². The summed E-state index contributed by atoms with van der Waals surface area (Å²) in [6.45, 7) is 2.81. The van der Waals surface area contributed by atoms with Crippen LogP contribution in [0.4, 0.5) is 10.8 Å². The Kier molecular flexibility index (Phi) is 6.30. The molecule has 2 heterocycles. The third-order valence-corrected chi connectivity index (χ3v) is 6.75. The normalized spacial score (nSPS) is 17.1. The first kappa shape index (κ1) is 20.1. The Morgan fingerprint density at radius 1 is 1.14 bits per heavy atom. The molecule has 0 radical (unpaired) electrons. The van der Waals surface area contributed by atoms with Gasteiger partial charge in [0.1, 0.15) is 5.01 Å². The molecule has 2 aliphatic rings. The zero-order chi connectivity index (χ0) is 20.2. The van der Waals surface area contributed by atoms with Crippen LogP contribution in [0.3, 0.4) is 0 Å². The molecule has 1 aromatic heterocycles. The van der Waals surface area contributed by atoms with E-state index in [1.807, 2.05) is 29.2 Å². The van der Waals surface area contributed by atoms with Crippen LogP contribution in [0.2, 0.25) is 5.02 Å². The molecule has 4 rings (SSSR count). The van der Waals surface area contributed by atoms with E-state index in [1.165, 1.54) is 17.8 Å². The van der Waals surface area contributed by atoms with Crippen molar-refractivity contribution in [1.82, 2.24) is 15.1 Å². The number of halogens is 1. The maximum atomic E-state index is 12.5. The molecule has 7 nitrogen and oxygen atoms in total. The Bertz CT molecular complexity index is 877. The fourth-order valence-electron chi connectivity index (χ4n) is 3.55. The summed E-state index contributed by atoms with van der Waals surface area (Å²) in [7, 11) is 0. The van der Waals surface area contributed by atoms with Gasteiger partial charge in [0.25, 0.3) is 0 Å². The monoisotopic (exact) mass is 433 g/mol. The van der Waals surface area contributed by atoms with Crippen LogP contribution in [0.5, 0.6) is 0 Å². The smallest absolute Gasteiger partial charge is 0.226 e. The topological polar surface area (TPSA) is 78.4 Å². The van der Waals surface area contributed by atoms with Crippen LogP contribution < -0.4 is 10.2 Å². The molecule has 1 aliphatic carbocycles. The summed E-state index contributed by atoms with van der Waals surface area (Å²) < 4.78 is 0. The summed E-state index contributed by atoms with van der Waals surface area (Å²) in [6, 6.07) is 7.75.